The number of carbonyl (C=O) groups excluding carboxylic acids is 4. The molecule has 0 aromatic heterocycles. The van der Waals surface area contributed by atoms with E-state index in [0.717, 1.165) is 11.3 Å². The number of rotatable bonds is 10. The molecule has 0 saturated carbocycles. The molecule has 2 aromatic carbocycles. The maximum atomic E-state index is 13.2. The Bertz CT molecular complexity index is 1200. The Morgan fingerprint density at radius 2 is 1.77 bits per heavy atom. The van der Waals surface area contributed by atoms with Crippen molar-refractivity contribution in [3.63, 3.8) is 0 Å². The second-order valence-electron chi connectivity index (χ2n) is 7.32. The number of amides is 5. The average Bonchev–Trinajstić information content (AvgIpc) is 2.80. The van der Waals surface area contributed by atoms with Crippen molar-refractivity contribution < 1.29 is 33.4 Å². The summed E-state index contributed by atoms with van der Waals surface area (Å²) in [6.07, 6.45) is 2.15. The molecule has 0 unspecified atom stereocenters. The van der Waals surface area contributed by atoms with E-state index in [2.05, 4.69) is 21.2 Å². The van der Waals surface area contributed by atoms with Crippen molar-refractivity contribution >= 4 is 51.4 Å². The highest BCUT2D eigenvalue weighted by Crippen LogP contribution is 2.34. The fourth-order valence-electron chi connectivity index (χ4n) is 3.17. The summed E-state index contributed by atoms with van der Waals surface area (Å²) in [4.78, 5) is 50.1. The lowest BCUT2D eigenvalue weighted by Gasteiger charge is -2.27. The van der Waals surface area contributed by atoms with Crippen LogP contribution in [0.15, 0.2) is 46.4 Å². The molecule has 3 N–H and O–H groups in total. The Balaban J connectivity index is 1.92. The van der Waals surface area contributed by atoms with Gasteiger partial charge in [-0.15, -0.1) is 0 Å². The number of nitrogens with one attached hydrogen (secondary N) is 1. The van der Waals surface area contributed by atoms with Crippen LogP contribution in [0.3, 0.4) is 0 Å². The van der Waals surface area contributed by atoms with Crippen molar-refractivity contribution in [2.75, 3.05) is 24.7 Å². The van der Waals surface area contributed by atoms with Gasteiger partial charge >= 0.3 is 6.03 Å². The van der Waals surface area contributed by atoms with Gasteiger partial charge in [0.25, 0.3) is 17.7 Å². The molecule has 1 aliphatic rings. The lowest BCUT2D eigenvalue weighted by atomic mass is 10.1. The summed E-state index contributed by atoms with van der Waals surface area (Å²) in [6, 6.07) is 8.52. The largest absolute Gasteiger partial charge is 0.490 e. The number of nitrogens with zero attached hydrogens (tertiary/aromatic N) is 1. The van der Waals surface area contributed by atoms with E-state index in [1.54, 1.807) is 37.3 Å². The third-order valence-electron chi connectivity index (χ3n) is 4.69. The van der Waals surface area contributed by atoms with Crippen LogP contribution in [0, 0.1) is 0 Å². The minimum Gasteiger partial charge on any atom is -0.490 e. The van der Waals surface area contributed by atoms with Gasteiger partial charge in [0, 0.05) is 6.07 Å². The topological polar surface area (TPSA) is 137 Å². The summed E-state index contributed by atoms with van der Waals surface area (Å²) < 4.78 is 17.0. The Hall–Kier alpha value is -3.86. The molecule has 0 spiro atoms. The minimum absolute atomic E-state index is 0.217. The van der Waals surface area contributed by atoms with Gasteiger partial charge in [-0.05, 0) is 65.2 Å². The standard InChI is InChI=1S/C24H24BrN3O7/c1-3-9-34-19-8-6-15(12-20(19)33-4-2)28-23(31)16(22(30)27-24(28)32)10-14-5-7-18(17(25)11-14)35-13-21(26)29/h5-8,10-12H,3-4,9,13H2,1-2H3,(H2,26,29)(H,27,30,32)/b16-10+. The summed E-state index contributed by atoms with van der Waals surface area (Å²) in [7, 11) is 0. The van der Waals surface area contributed by atoms with Crippen molar-refractivity contribution in [1.82, 2.24) is 5.32 Å². The van der Waals surface area contributed by atoms with Crippen molar-refractivity contribution in [3.05, 3.63) is 52.0 Å². The Morgan fingerprint density at radius 3 is 2.43 bits per heavy atom. The number of carbonyl (C=O) groups is 4. The number of urea groups is 1. The predicted molar refractivity (Wildman–Crippen MR) is 131 cm³/mol. The van der Waals surface area contributed by atoms with Gasteiger partial charge in [-0.3, -0.25) is 19.7 Å². The van der Waals surface area contributed by atoms with Crippen molar-refractivity contribution in [2.24, 2.45) is 5.73 Å². The van der Waals surface area contributed by atoms with Gasteiger partial charge in [-0.2, -0.15) is 0 Å². The van der Waals surface area contributed by atoms with Crippen molar-refractivity contribution in [2.45, 2.75) is 20.3 Å². The first kappa shape index (κ1) is 25.8. The van der Waals surface area contributed by atoms with Gasteiger partial charge in [0.2, 0.25) is 0 Å². The van der Waals surface area contributed by atoms with E-state index in [1.165, 1.54) is 12.1 Å². The molecule has 3 rings (SSSR count). The van der Waals surface area contributed by atoms with Gasteiger partial charge in [-0.1, -0.05) is 13.0 Å². The number of halogens is 1. The van der Waals surface area contributed by atoms with Gasteiger partial charge in [-0.25, -0.2) is 9.69 Å². The summed E-state index contributed by atoms with van der Waals surface area (Å²) in [5.74, 6) is -1.04. The third-order valence-corrected chi connectivity index (χ3v) is 5.31. The monoisotopic (exact) mass is 545 g/mol. The first-order valence-electron chi connectivity index (χ1n) is 10.8. The maximum Gasteiger partial charge on any atom is 0.335 e. The molecule has 35 heavy (non-hydrogen) atoms. The van der Waals surface area contributed by atoms with Crippen LogP contribution in [-0.4, -0.2) is 43.6 Å². The number of imide groups is 2. The molecule has 10 nitrogen and oxygen atoms in total. The number of anilines is 1. The lowest BCUT2D eigenvalue weighted by molar-refractivity contribution is -0.123. The second kappa shape index (κ2) is 11.5. The first-order chi connectivity index (χ1) is 16.7. The van der Waals surface area contributed by atoms with E-state index in [0.29, 0.717) is 40.5 Å². The SMILES string of the molecule is CCCOc1ccc(N2C(=O)NC(=O)/C(=C\c3ccc(OCC(N)=O)c(Br)c3)C2=O)cc1OCC. The molecule has 0 aliphatic carbocycles. The van der Waals surface area contributed by atoms with Crippen LogP contribution in [0.5, 0.6) is 17.2 Å². The number of hydrogen-bond donors (Lipinski definition) is 2. The number of barbiturate groups is 1. The Kier molecular flexibility index (Phi) is 8.48. The normalized spacial score (nSPS) is 14.7. The summed E-state index contributed by atoms with van der Waals surface area (Å²) in [5, 5.41) is 2.19. The van der Waals surface area contributed by atoms with Crippen molar-refractivity contribution in [1.29, 1.82) is 0 Å². The molecule has 1 saturated heterocycles. The molecule has 2 aromatic rings. The molecule has 11 heteroatoms. The number of nitrogens with two attached hydrogens (primary N) is 1. The van der Waals surface area contributed by atoms with Crippen LogP contribution in [0.1, 0.15) is 25.8 Å². The lowest BCUT2D eigenvalue weighted by Crippen LogP contribution is -2.54. The second-order valence-corrected chi connectivity index (χ2v) is 8.17. The zero-order valence-electron chi connectivity index (χ0n) is 19.1. The quantitative estimate of drug-likeness (QED) is 0.345. The summed E-state index contributed by atoms with van der Waals surface area (Å²) in [5.41, 5.74) is 5.54. The van der Waals surface area contributed by atoms with E-state index in [4.69, 9.17) is 19.9 Å². The highest BCUT2D eigenvalue weighted by Gasteiger charge is 2.37. The minimum atomic E-state index is -0.877. The van der Waals surface area contributed by atoms with Crippen LogP contribution < -0.4 is 30.2 Å². The molecule has 0 bridgehead atoms. The van der Waals surface area contributed by atoms with E-state index >= 15 is 0 Å². The Labute approximate surface area is 210 Å². The van der Waals surface area contributed by atoms with Gasteiger partial charge < -0.3 is 19.9 Å². The first-order valence-corrected chi connectivity index (χ1v) is 11.6. The highest BCUT2D eigenvalue weighted by atomic mass is 79.9. The molecule has 1 fully saturated rings. The highest BCUT2D eigenvalue weighted by molar-refractivity contribution is 9.10. The summed E-state index contributed by atoms with van der Waals surface area (Å²) in [6.45, 7) is 4.30. The maximum absolute atomic E-state index is 13.2. The predicted octanol–water partition coefficient (Wildman–Crippen LogP) is 3.17. The van der Waals surface area contributed by atoms with Gasteiger partial charge in [0.15, 0.2) is 18.1 Å². The third kappa shape index (κ3) is 6.18. The van der Waals surface area contributed by atoms with Crippen LogP contribution in [-0.2, 0) is 14.4 Å². The fraction of sp³-hybridized carbons (Fsp3) is 0.250. The number of benzene rings is 2. The Morgan fingerprint density at radius 1 is 1.03 bits per heavy atom. The van der Waals surface area contributed by atoms with E-state index < -0.39 is 23.8 Å². The molecule has 0 atom stereocenters. The van der Waals surface area contributed by atoms with E-state index in [-0.39, 0.29) is 17.9 Å². The molecular weight excluding hydrogens is 522 g/mol. The number of ether oxygens (including phenoxy) is 3. The summed E-state index contributed by atoms with van der Waals surface area (Å²) >= 11 is 3.32. The molecule has 0 radical (unpaired) electrons. The van der Waals surface area contributed by atoms with Crippen LogP contribution >= 0.6 is 15.9 Å². The van der Waals surface area contributed by atoms with Crippen LogP contribution in [0.25, 0.3) is 6.08 Å². The molecule has 1 heterocycles. The molecular formula is C24H24BrN3O7. The average molecular weight is 546 g/mol. The van der Waals surface area contributed by atoms with Crippen LogP contribution in [0.4, 0.5) is 10.5 Å². The molecule has 1 aliphatic heterocycles. The zero-order valence-corrected chi connectivity index (χ0v) is 20.7. The molecule has 184 valence electrons. The van der Waals surface area contributed by atoms with Crippen LogP contribution in [0.2, 0.25) is 0 Å². The zero-order chi connectivity index (χ0) is 25.5. The van der Waals surface area contributed by atoms with E-state index in [9.17, 15) is 19.2 Å². The van der Waals surface area contributed by atoms with E-state index in [1.807, 2.05) is 6.92 Å². The van der Waals surface area contributed by atoms with Gasteiger partial charge in [0.05, 0.1) is 23.4 Å². The van der Waals surface area contributed by atoms with Crippen molar-refractivity contribution in [3.8, 4) is 17.2 Å². The molecule has 5 amide bonds. The fourth-order valence-corrected chi connectivity index (χ4v) is 3.68. The number of hydrogen-bond acceptors (Lipinski definition) is 7. The number of primary amides is 1. The van der Waals surface area contributed by atoms with Gasteiger partial charge in [0.1, 0.15) is 11.3 Å². The smallest absolute Gasteiger partial charge is 0.335 e.